The lowest BCUT2D eigenvalue weighted by Crippen LogP contribution is -2.30. The molecule has 1 amide bonds. The van der Waals surface area contributed by atoms with E-state index >= 15 is 0 Å². The van der Waals surface area contributed by atoms with E-state index in [0.717, 1.165) is 10.5 Å². The van der Waals surface area contributed by atoms with Crippen LogP contribution in [0.2, 0.25) is 0 Å². The number of rotatable bonds is 2. The van der Waals surface area contributed by atoms with Crippen molar-refractivity contribution in [3.8, 4) is 0 Å². The maximum Gasteiger partial charge on any atom is 0.416 e. The average Bonchev–Trinajstić information content (AvgIpc) is 3.39. The van der Waals surface area contributed by atoms with Gasteiger partial charge in [0.05, 0.1) is 10.0 Å². The Labute approximate surface area is 178 Å². The van der Waals surface area contributed by atoms with Crippen LogP contribution in [0.4, 0.5) is 13.2 Å². The van der Waals surface area contributed by atoms with Crippen LogP contribution in [-0.4, -0.2) is 43.5 Å². The molecule has 1 aromatic carbocycles. The molecule has 10 heteroatoms. The van der Waals surface area contributed by atoms with Gasteiger partial charge in [0.15, 0.2) is 0 Å². The Morgan fingerprint density at radius 1 is 1.13 bits per heavy atom. The number of halogens is 4. The fourth-order valence-electron chi connectivity index (χ4n) is 4.82. The zero-order valence-electron chi connectivity index (χ0n) is 15.7. The van der Waals surface area contributed by atoms with Gasteiger partial charge in [-0.1, -0.05) is 18.2 Å². The number of hydrogen-bond donors (Lipinski definition) is 0. The molecular weight excluding hydrogens is 463 g/mol. The van der Waals surface area contributed by atoms with Crippen LogP contribution in [0.25, 0.3) is 5.78 Å². The third kappa shape index (κ3) is 3.36. The Hall–Kier alpha value is -2.49. The molecule has 30 heavy (non-hydrogen) atoms. The minimum atomic E-state index is -4.35. The van der Waals surface area contributed by atoms with Crippen LogP contribution < -0.4 is 0 Å². The topological polar surface area (TPSA) is 63.4 Å². The van der Waals surface area contributed by atoms with E-state index in [1.54, 1.807) is 29.4 Å². The molecule has 2 fully saturated rings. The summed E-state index contributed by atoms with van der Waals surface area (Å²) >= 11 is 3.30. The van der Waals surface area contributed by atoms with Crippen LogP contribution in [0, 0.1) is 11.8 Å². The average molecular weight is 480 g/mol. The summed E-state index contributed by atoms with van der Waals surface area (Å²) in [7, 11) is 0. The highest BCUT2D eigenvalue weighted by molar-refractivity contribution is 9.10. The summed E-state index contributed by atoms with van der Waals surface area (Å²) < 4.78 is 42.3. The summed E-state index contributed by atoms with van der Waals surface area (Å²) in [6, 6.07) is 5.83. The van der Waals surface area contributed by atoms with Gasteiger partial charge < -0.3 is 4.90 Å². The van der Waals surface area contributed by atoms with E-state index in [0.29, 0.717) is 37.3 Å². The second kappa shape index (κ2) is 7.04. The molecule has 156 valence electrons. The molecule has 5 rings (SSSR count). The van der Waals surface area contributed by atoms with E-state index in [2.05, 4.69) is 31.0 Å². The van der Waals surface area contributed by atoms with Crippen molar-refractivity contribution in [1.82, 2.24) is 24.5 Å². The molecule has 1 saturated carbocycles. The van der Waals surface area contributed by atoms with Crippen molar-refractivity contribution in [3.63, 3.8) is 0 Å². The second-order valence-corrected chi connectivity index (χ2v) is 8.85. The first kappa shape index (κ1) is 19.5. The van der Waals surface area contributed by atoms with Crippen molar-refractivity contribution in [1.29, 1.82) is 0 Å². The monoisotopic (exact) mass is 479 g/mol. The zero-order valence-corrected chi connectivity index (χ0v) is 17.3. The van der Waals surface area contributed by atoms with Gasteiger partial charge in [-0.2, -0.15) is 18.2 Å². The van der Waals surface area contributed by atoms with Gasteiger partial charge in [-0.15, -0.1) is 5.10 Å². The Morgan fingerprint density at radius 3 is 2.53 bits per heavy atom. The molecule has 6 nitrogen and oxygen atoms in total. The van der Waals surface area contributed by atoms with Crippen LogP contribution in [-0.2, 0) is 6.18 Å². The third-order valence-corrected chi connectivity index (χ3v) is 6.51. The van der Waals surface area contributed by atoms with Crippen molar-refractivity contribution in [2.24, 2.45) is 11.8 Å². The minimum Gasteiger partial charge on any atom is -0.335 e. The first-order valence-electron chi connectivity index (χ1n) is 9.63. The number of carbonyl (C=O) groups excluding carboxylic acids is 1. The van der Waals surface area contributed by atoms with Gasteiger partial charge >= 0.3 is 6.18 Å². The predicted octanol–water partition coefficient (Wildman–Crippen LogP) is 4.17. The lowest BCUT2D eigenvalue weighted by atomic mass is 9.91. The number of aromatic nitrogens is 4. The summed E-state index contributed by atoms with van der Waals surface area (Å²) in [5.74, 6) is 0.390. The van der Waals surface area contributed by atoms with E-state index in [1.165, 1.54) is 10.6 Å². The van der Waals surface area contributed by atoms with Crippen molar-refractivity contribution >= 4 is 27.6 Å². The number of hydrogen-bond acceptors (Lipinski definition) is 4. The van der Waals surface area contributed by atoms with Crippen LogP contribution in [0.5, 0.6) is 0 Å². The number of benzene rings is 1. The Morgan fingerprint density at radius 2 is 1.83 bits per heavy atom. The Balaban J connectivity index is 1.31. The second-order valence-electron chi connectivity index (χ2n) is 7.94. The van der Waals surface area contributed by atoms with E-state index in [4.69, 9.17) is 0 Å². The smallest absolute Gasteiger partial charge is 0.335 e. The van der Waals surface area contributed by atoms with E-state index in [-0.39, 0.29) is 29.5 Å². The van der Waals surface area contributed by atoms with Crippen LogP contribution >= 0.6 is 15.9 Å². The van der Waals surface area contributed by atoms with Crippen molar-refractivity contribution in [3.05, 3.63) is 58.1 Å². The van der Waals surface area contributed by atoms with Crippen molar-refractivity contribution < 1.29 is 18.0 Å². The first-order valence-corrected chi connectivity index (χ1v) is 10.4. The van der Waals surface area contributed by atoms with Gasteiger partial charge in [-0.25, -0.2) is 9.50 Å². The molecule has 0 bridgehead atoms. The maximum absolute atomic E-state index is 13.4. The number of likely N-dealkylation sites (tertiary alicyclic amines) is 1. The molecule has 1 saturated heterocycles. The van der Waals surface area contributed by atoms with Gasteiger partial charge in [0.2, 0.25) is 5.82 Å². The Bertz CT molecular complexity index is 1120. The molecule has 1 aliphatic heterocycles. The molecule has 2 aliphatic rings. The molecular formula is C20H17BrF3N5O. The summed E-state index contributed by atoms with van der Waals surface area (Å²) in [6.07, 6.45) is 0.197. The zero-order chi connectivity index (χ0) is 21.0. The lowest BCUT2D eigenvalue weighted by molar-refractivity contribution is -0.138. The van der Waals surface area contributed by atoms with Crippen molar-refractivity contribution in [2.45, 2.75) is 24.9 Å². The SMILES string of the molecule is O=C(c1nc2ncc(Br)cn2n1)N1C[C@H]2C[C@@H](c3ccccc3C(F)(F)F)C[C@H]2C1. The highest BCUT2D eigenvalue weighted by Crippen LogP contribution is 2.48. The molecule has 2 aromatic heterocycles. The van der Waals surface area contributed by atoms with E-state index < -0.39 is 11.7 Å². The number of nitrogens with zero attached hydrogens (tertiary/aromatic N) is 5. The largest absolute Gasteiger partial charge is 0.416 e. The van der Waals surface area contributed by atoms with Crippen LogP contribution in [0.15, 0.2) is 41.1 Å². The van der Waals surface area contributed by atoms with Gasteiger partial charge in [0.25, 0.3) is 11.7 Å². The highest BCUT2D eigenvalue weighted by atomic mass is 79.9. The lowest BCUT2D eigenvalue weighted by Gasteiger charge is -2.21. The van der Waals surface area contributed by atoms with Gasteiger partial charge in [-0.3, -0.25) is 4.79 Å². The highest BCUT2D eigenvalue weighted by Gasteiger charge is 2.45. The first-order chi connectivity index (χ1) is 14.3. The van der Waals surface area contributed by atoms with Gasteiger partial charge in [0.1, 0.15) is 0 Å². The summed E-state index contributed by atoms with van der Waals surface area (Å²) in [4.78, 5) is 22.9. The number of fused-ring (bicyclic) bond motifs is 2. The molecule has 3 atom stereocenters. The molecule has 3 aromatic rings. The van der Waals surface area contributed by atoms with E-state index in [9.17, 15) is 18.0 Å². The summed E-state index contributed by atoms with van der Waals surface area (Å²) in [5.41, 5.74) is -0.175. The number of alkyl halides is 3. The third-order valence-electron chi connectivity index (χ3n) is 6.10. The number of carbonyl (C=O) groups is 1. The number of amides is 1. The van der Waals surface area contributed by atoms with Crippen molar-refractivity contribution in [2.75, 3.05) is 13.1 Å². The molecule has 0 spiro atoms. The quantitative estimate of drug-likeness (QED) is 0.553. The van der Waals surface area contributed by atoms with Gasteiger partial charge in [-0.05, 0) is 58.2 Å². The van der Waals surface area contributed by atoms with Crippen LogP contribution in [0.3, 0.4) is 0 Å². The fourth-order valence-corrected chi connectivity index (χ4v) is 5.12. The molecule has 0 radical (unpaired) electrons. The standard InChI is InChI=1S/C20H17BrF3N5O/c21-14-7-25-19-26-17(27-29(19)10-14)18(30)28-8-12-5-11(6-13(12)9-28)15-3-1-2-4-16(15)20(22,23)24/h1-4,7,10-13H,5-6,8-9H2/t11-,12-,13+. The Kier molecular flexibility index (Phi) is 4.57. The molecule has 3 heterocycles. The van der Waals surface area contributed by atoms with E-state index in [1.807, 2.05) is 0 Å². The minimum absolute atomic E-state index is 0.0829. The normalized spacial score (nSPS) is 23.9. The summed E-state index contributed by atoms with van der Waals surface area (Å²) in [6.45, 7) is 1.03. The molecule has 0 unspecified atom stereocenters. The molecule has 0 N–H and O–H groups in total. The summed E-state index contributed by atoms with van der Waals surface area (Å²) in [5, 5.41) is 4.21. The predicted molar refractivity (Wildman–Crippen MR) is 105 cm³/mol. The molecule has 1 aliphatic carbocycles. The fraction of sp³-hybridized carbons (Fsp3) is 0.400. The van der Waals surface area contributed by atoms with Crippen LogP contribution in [0.1, 0.15) is 40.5 Å². The maximum atomic E-state index is 13.4. The van der Waals surface area contributed by atoms with Gasteiger partial charge in [0, 0.05) is 25.5 Å².